The van der Waals surface area contributed by atoms with E-state index in [0.717, 1.165) is 20.7 Å². The van der Waals surface area contributed by atoms with Crippen molar-refractivity contribution in [3.8, 4) is 0 Å². The van der Waals surface area contributed by atoms with E-state index in [1.807, 2.05) is 13.1 Å². The van der Waals surface area contributed by atoms with Crippen LogP contribution < -0.4 is 5.32 Å². The number of nitrogens with one attached hydrogen (secondary N) is 1. The van der Waals surface area contributed by atoms with Gasteiger partial charge in [-0.2, -0.15) is 0 Å². The maximum Gasteiger partial charge on any atom is 0.0992 e. The second kappa shape index (κ2) is 6.27. The molecule has 1 N–H and O–H groups in total. The minimum Gasteiger partial charge on any atom is -0.313 e. The van der Waals surface area contributed by atoms with Crippen LogP contribution in [0.2, 0.25) is 8.67 Å². The Bertz CT molecular complexity index is 578. The van der Waals surface area contributed by atoms with Gasteiger partial charge in [-0.3, -0.25) is 0 Å². The summed E-state index contributed by atoms with van der Waals surface area (Å²) in [7, 11) is 1.95. The van der Waals surface area contributed by atoms with E-state index in [0.29, 0.717) is 0 Å². The van der Waals surface area contributed by atoms with Crippen molar-refractivity contribution in [1.82, 2.24) is 5.32 Å². The molecule has 0 aliphatic rings. The Morgan fingerprint density at radius 3 is 2.42 bits per heavy atom. The summed E-state index contributed by atoms with van der Waals surface area (Å²) in [4.78, 5) is 0. The van der Waals surface area contributed by atoms with Gasteiger partial charge in [0.25, 0.3) is 0 Å². The number of hydrogen-bond donors (Lipinski definition) is 1. The highest BCUT2D eigenvalue weighted by atomic mass is 35.5. The Morgan fingerprint density at radius 2 is 1.89 bits per heavy atom. The van der Waals surface area contributed by atoms with Gasteiger partial charge in [-0.25, -0.2) is 0 Å². The fourth-order valence-electron chi connectivity index (χ4n) is 2.12. The van der Waals surface area contributed by atoms with Gasteiger partial charge in [-0.15, -0.1) is 11.3 Å². The first-order valence-electron chi connectivity index (χ1n) is 6.19. The fraction of sp³-hybridized carbons (Fsp3) is 0.333. The van der Waals surface area contributed by atoms with E-state index >= 15 is 0 Å². The predicted octanol–water partition coefficient (Wildman–Crippen LogP) is 5.17. The molecule has 1 atom stereocenters. The van der Waals surface area contributed by atoms with E-state index in [1.165, 1.54) is 28.0 Å². The molecule has 0 radical (unpaired) electrons. The smallest absolute Gasteiger partial charge is 0.0992 e. The van der Waals surface area contributed by atoms with Gasteiger partial charge in [0.15, 0.2) is 0 Å². The van der Waals surface area contributed by atoms with Gasteiger partial charge < -0.3 is 5.32 Å². The standard InChI is InChI=1S/C15H17Cl2NS/c1-9-4-5-11(6-10(9)2)7-13(18-3)12-8-14(16)19-15(12)17/h4-6,8,13,18H,7H2,1-3H3. The number of aryl methyl sites for hydroxylation is 2. The van der Waals surface area contributed by atoms with Crippen molar-refractivity contribution in [2.45, 2.75) is 26.3 Å². The number of likely N-dealkylation sites (N-methyl/N-ethyl adjacent to an activating group) is 1. The SMILES string of the molecule is CNC(Cc1ccc(C)c(C)c1)c1cc(Cl)sc1Cl. The summed E-state index contributed by atoms with van der Waals surface area (Å²) in [6.45, 7) is 4.27. The molecule has 102 valence electrons. The van der Waals surface area contributed by atoms with E-state index in [9.17, 15) is 0 Å². The normalized spacial score (nSPS) is 12.7. The molecule has 0 bridgehead atoms. The monoisotopic (exact) mass is 313 g/mol. The maximum atomic E-state index is 6.24. The topological polar surface area (TPSA) is 12.0 Å². The van der Waals surface area contributed by atoms with Crippen LogP contribution in [0.3, 0.4) is 0 Å². The molecule has 0 aliphatic heterocycles. The minimum absolute atomic E-state index is 0.193. The summed E-state index contributed by atoms with van der Waals surface area (Å²) < 4.78 is 1.51. The summed E-state index contributed by atoms with van der Waals surface area (Å²) in [5.74, 6) is 0. The van der Waals surface area contributed by atoms with Crippen molar-refractivity contribution in [2.75, 3.05) is 7.05 Å². The van der Waals surface area contributed by atoms with Gasteiger partial charge in [-0.05, 0) is 50.1 Å². The lowest BCUT2D eigenvalue weighted by atomic mass is 9.98. The number of rotatable bonds is 4. The average molecular weight is 314 g/mol. The number of halogens is 2. The van der Waals surface area contributed by atoms with Crippen LogP contribution in [0.5, 0.6) is 0 Å². The van der Waals surface area contributed by atoms with E-state index in [-0.39, 0.29) is 6.04 Å². The summed E-state index contributed by atoms with van der Waals surface area (Å²) in [5, 5.41) is 3.32. The molecule has 0 saturated carbocycles. The molecular weight excluding hydrogens is 297 g/mol. The molecule has 1 unspecified atom stereocenters. The van der Waals surface area contributed by atoms with Gasteiger partial charge in [0.2, 0.25) is 0 Å². The third kappa shape index (κ3) is 3.51. The molecule has 19 heavy (non-hydrogen) atoms. The van der Waals surface area contributed by atoms with Crippen LogP contribution in [0, 0.1) is 13.8 Å². The summed E-state index contributed by atoms with van der Waals surface area (Å²) >= 11 is 13.7. The quantitative estimate of drug-likeness (QED) is 0.820. The molecule has 1 nitrogen and oxygen atoms in total. The second-order valence-corrected chi connectivity index (χ2v) is 7.03. The van der Waals surface area contributed by atoms with Crippen LogP contribution >= 0.6 is 34.5 Å². The summed E-state index contributed by atoms with van der Waals surface area (Å²) in [5.41, 5.74) is 5.03. The van der Waals surface area contributed by atoms with E-state index in [2.05, 4.69) is 37.4 Å². The second-order valence-electron chi connectivity index (χ2n) is 4.74. The Balaban J connectivity index is 2.23. The fourth-order valence-corrected chi connectivity index (χ4v) is 3.70. The third-order valence-electron chi connectivity index (χ3n) is 3.42. The Hall–Kier alpha value is -0.540. The first-order chi connectivity index (χ1) is 9.01. The van der Waals surface area contributed by atoms with E-state index in [4.69, 9.17) is 23.2 Å². The Morgan fingerprint density at radius 1 is 1.16 bits per heavy atom. The molecular formula is C15H17Cl2NS. The lowest BCUT2D eigenvalue weighted by molar-refractivity contribution is 0.594. The number of thiophene rings is 1. The van der Waals surface area contributed by atoms with Gasteiger partial charge in [0.05, 0.1) is 8.67 Å². The molecule has 2 rings (SSSR count). The van der Waals surface area contributed by atoms with E-state index < -0.39 is 0 Å². The lowest BCUT2D eigenvalue weighted by Gasteiger charge is -2.16. The zero-order valence-corrected chi connectivity index (χ0v) is 13.6. The molecule has 0 aliphatic carbocycles. The summed E-state index contributed by atoms with van der Waals surface area (Å²) in [6.07, 6.45) is 0.907. The van der Waals surface area contributed by atoms with Gasteiger partial charge >= 0.3 is 0 Å². The number of benzene rings is 1. The molecule has 0 spiro atoms. The average Bonchev–Trinajstić information content (AvgIpc) is 2.70. The van der Waals surface area contributed by atoms with Crippen LogP contribution in [0.15, 0.2) is 24.3 Å². The van der Waals surface area contributed by atoms with Crippen LogP contribution in [-0.2, 0) is 6.42 Å². The third-order valence-corrected chi connectivity index (χ3v) is 4.94. The van der Waals surface area contributed by atoms with Crippen LogP contribution in [0.1, 0.15) is 28.3 Å². The van der Waals surface area contributed by atoms with E-state index in [1.54, 1.807) is 0 Å². The molecule has 1 heterocycles. The van der Waals surface area contributed by atoms with Gasteiger partial charge in [0, 0.05) is 11.6 Å². The zero-order chi connectivity index (χ0) is 14.0. The first-order valence-corrected chi connectivity index (χ1v) is 7.76. The van der Waals surface area contributed by atoms with Crippen molar-refractivity contribution < 1.29 is 0 Å². The molecule has 2 aromatic rings. The van der Waals surface area contributed by atoms with Crippen molar-refractivity contribution in [2.24, 2.45) is 0 Å². The maximum absolute atomic E-state index is 6.24. The number of hydrogen-bond acceptors (Lipinski definition) is 2. The highest BCUT2D eigenvalue weighted by molar-refractivity contribution is 7.20. The lowest BCUT2D eigenvalue weighted by Crippen LogP contribution is -2.18. The largest absolute Gasteiger partial charge is 0.313 e. The summed E-state index contributed by atoms with van der Waals surface area (Å²) in [6, 6.07) is 8.73. The minimum atomic E-state index is 0.193. The predicted molar refractivity (Wildman–Crippen MR) is 85.8 cm³/mol. The molecule has 0 fully saturated rings. The molecule has 1 aromatic carbocycles. The Kier molecular flexibility index (Phi) is 4.91. The zero-order valence-electron chi connectivity index (χ0n) is 11.3. The van der Waals surface area contributed by atoms with Gasteiger partial charge in [0.1, 0.15) is 0 Å². The molecule has 0 amide bonds. The van der Waals surface area contributed by atoms with Gasteiger partial charge in [-0.1, -0.05) is 41.4 Å². The van der Waals surface area contributed by atoms with Crippen molar-refractivity contribution in [3.05, 3.63) is 55.2 Å². The highest BCUT2D eigenvalue weighted by Gasteiger charge is 2.16. The first kappa shape index (κ1) is 14.9. The molecule has 4 heteroatoms. The van der Waals surface area contributed by atoms with Crippen molar-refractivity contribution >= 4 is 34.5 Å². The molecule has 1 aromatic heterocycles. The molecule has 0 saturated heterocycles. The van der Waals surface area contributed by atoms with Crippen molar-refractivity contribution in [3.63, 3.8) is 0 Å². The van der Waals surface area contributed by atoms with Crippen molar-refractivity contribution in [1.29, 1.82) is 0 Å². The highest BCUT2D eigenvalue weighted by Crippen LogP contribution is 2.36. The van der Waals surface area contributed by atoms with Crippen LogP contribution in [-0.4, -0.2) is 7.05 Å². The Labute approximate surface area is 128 Å². The van der Waals surface area contributed by atoms with Crippen LogP contribution in [0.4, 0.5) is 0 Å². The van der Waals surface area contributed by atoms with Crippen LogP contribution in [0.25, 0.3) is 0 Å².